The number of halogens is 2. The van der Waals surface area contributed by atoms with E-state index in [-0.39, 0.29) is 17.0 Å². The van der Waals surface area contributed by atoms with E-state index >= 15 is 0 Å². The van der Waals surface area contributed by atoms with Crippen LogP contribution in [0.15, 0.2) is 0 Å². The molecule has 0 aliphatic heterocycles. The van der Waals surface area contributed by atoms with E-state index in [4.69, 9.17) is 11.6 Å². The van der Waals surface area contributed by atoms with Crippen molar-refractivity contribution < 1.29 is 14.3 Å². The van der Waals surface area contributed by atoms with Gasteiger partial charge in [0.2, 0.25) is 9.03 Å². The fourth-order valence-electron chi connectivity index (χ4n) is 0.212. The molecule has 0 atom stereocenters. The predicted molar refractivity (Wildman–Crippen MR) is 40.7 cm³/mol. The van der Waals surface area contributed by atoms with Crippen molar-refractivity contribution in [3.8, 4) is 0 Å². The second-order valence-electron chi connectivity index (χ2n) is 1.20. The molecule has 0 aromatic heterocycles. The van der Waals surface area contributed by atoms with Crippen molar-refractivity contribution in [1.82, 2.24) is 0 Å². The highest BCUT2D eigenvalue weighted by atomic mass is 127. The second-order valence-corrected chi connectivity index (χ2v) is 2.83. The van der Waals surface area contributed by atoms with Gasteiger partial charge in [0, 0.05) is 22.6 Å². The van der Waals surface area contributed by atoms with Crippen LogP contribution in [-0.2, 0) is 14.3 Å². The highest BCUT2D eigenvalue weighted by Gasteiger charge is 1.97. The number of ether oxygens (including phenoxy) is 1. The third kappa shape index (κ3) is 8.32. The lowest BCUT2D eigenvalue weighted by atomic mass is 10.8. The summed E-state index contributed by atoms with van der Waals surface area (Å²) in [5.41, 5.74) is 0. The third-order valence-corrected chi connectivity index (χ3v) is 0.852. The highest BCUT2D eigenvalue weighted by molar-refractivity contribution is 14.1. The minimum Gasteiger partial charge on any atom is -0.364 e. The Labute approximate surface area is 70.8 Å². The van der Waals surface area contributed by atoms with E-state index < -0.39 is 5.24 Å². The van der Waals surface area contributed by atoms with E-state index in [0.717, 1.165) is 0 Å². The van der Waals surface area contributed by atoms with Crippen molar-refractivity contribution in [1.29, 1.82) is 0 Å². The van der Waals surface area contributed by atoms with Gasteiger partial charge in [0.1, 0.15) is 13.2 Å². The number of rotatable bonds is 4. The van der Waals surface area contributed by atoms with Crippen LogP contribution in [0.5, 0.6) is 0 Å². The van der Waals surface area contributed by atoms with E-state index in [1.807, 2.05) is 0 Å². The predicted octanol–water partition coefficient (Wildman–Crippen LogP) is 0.730. The molecule has 0 saturated heterocycles. The summed E-state index contributed by atoms with van der Waals surface area (Å²) in [6.07, 6.45) is 0. The molecule has 52 valence electrons. The first-order valence-corrected chi connectivity index (χ1v) is 3.53. The first kappa shape index (κ1) is 9.32. The molecule has 0 heterocycles. The SMILES string of the molecule is O=C(Cl)COCC(=O)I. The summed E-state index contributed by atoms with van der Waals surface area (Å²) < 4.78 is 4.37. The minimum absolute atomic E-state index is 0.0565. The van der Waals surface area contributed by atoms with E-state index in [9.17, 15) is 9.59 Å². The van der Waals surface area contributed by atoms with Gasteiger partial charge in [0.05, 0.1) is 0 Å². The molecule has 5 heteroatoms. The topological polar surface area (TPSA) is 43.4 Å². The van der Waals surface area contributed by atoms with Gasteiger partial charge in [-0.25, -0.2) is 0 Å². The minimum atomic E-state index is -0.590. The molecule has 0 N–H and O–H groups in total. The van der Waals surface area contributed by atoms with Gasteiger partial charge in [-0.15, -0.1) is 0 Å². The molecule has 0 unspecified atom stereocenters. The van der Waals surface area contributed by atoms with Crippen LogP contribution in [0, 0.1) is 0 Å². The Morgan fingerprint density at radius 1 is 1.44 bits per heavy atom. The smallest absolute Gasteiger partial charge is 0.247 e. The summed E-state index contributed by atoms with van der Waals surface area (Å²) in [4.78, 5) is 20.1. The molecule has 0 fully saturated rings. The largest absolute Gasteiger partial charge is 0.364 e. The van der Waals surface area contributed by atoms with Crippen LogP contribution >= 0.6 is 34.2 Å². The van der Waals surface area contributed by atoms with E-state index in [1.165, 1.54) is 0 Å². The molecule has 0 aliphatic rings. The van der Waals surface area contributed by atoms with Gasteiger partial charge in [-0.05, 0) is 11.6 Å². The number of carbonyl (C=O) groups is 2. The Balaban J connectivity index is 3.10. The molecule has 9 heavy (non-hydrogen) atoms. The van der Waals surface area contributed by atoms with Crippen molar-refractivity contribution in [2.75, 3.05) is 13.2 Å². The zero-order valence-electron chi connectivity index (χ0n) is 4.39. The highest BCUT2D eigenvalue weighted by Crippen LogP contribution is 1.88. The standard InChI is InChI=1S/C4H4ClIO3/c5-3(7)1-9-2-4(6)8/h1-2H2. The van der Waals surface area contributed by atoms with Gasteiger partial charge in [0.15, 0.2) is 0 Å². The Morgan fingerprint density at radius 3 is 2.33 bits per heavy atom. The quantitative estimate of drug-likeness (QED) is 0.554. The maximum atomic E-state index is 10.1. The third-order valence-electron chi connectivity index (χ3n) is 0.431. The lowest BCUT2D eigenvalue weighted by Crippen LogP contribution is -2.06. The molecular formula is C4H4ClIO3. The number of hydrogen-bond donors (Lipinski definition) is 0. The molecule has 0 rings (SSSR count). The Hall–Kier alpha value is 0.320. The van der Waals surface area contributed by atoms with Gasteiger partial charge >= 0.3 is 0 Å². The zero-order chi connectivity index (χ0) is 7.28. The summed E-state index contributed by atoms with van der Waals surface area (Å²) in [6, 6.07) is 0. The molecule has 0 bridgehead atoms. The summed E-state index contributed by atoms with van der Waals surface area (Å²) in [5.74, 6) is 0. The van der Waals surface area contributed by atoms with Crippen LogP contribution in [-0.4, -0.2) is 22.2 Å². The fraction of sp³-hybridized carbons (Fsp3) is 0.500. The second kappa shape index (κ2) is 5.13. The molecule has 0 aliphatic carbocycles. The summed E-state index contributed by atoms with van der Waals surface area (Å²) >= 11 is 6.45. The lowest BCUT2D eigenvalue weighted by Gasteiger charge is -1.92. The van der Waals surface area contributed by atoms with Crippen LogP contribution in [0.2, 0.25) is 0 Å². The van der Waals surface area contributed by atoms with E-state index in [0.29, 0.717) is 0 Å². The number of hydrogen-bond acceptors (Lipinski definition) is 3. The van der Waals surface area contributed by atoms with Crippen molar-refractivity contribution in [2.45, 2.75) is 0 Å². The van der Waals surface area contributed by atoms with Crippen molar-refractivity contribution >= 4 is 43.2 Å². The lowest BCUT2D eigenvalue weighted by molar-refractivity contribution is -0.119. The first-order valence-electron chi connectivity index (χ1n) is 2.07. The Kier molecular flexibility index (Phi) is 5.31. The van der Waals surface area contributed by atoms with Gasteiger partial charge in [-0.1, -0.05) is 0 Å². The van der Waals surface area contributed by atoms with Gasteiger partial charge in [0.25, 0.3) is 0 Å². The molecular weight excluding hydrogens is 258 g/mol. The molecule has 0 radical (unpaired) electrons. The summed E-state index contributed by atoms with van der Waals surface area (Å²) in [6.45, 7) is -0.255. The molecule has 0 amide bonds. The van der Waals surface area contributed by atoms with Crippen molar-refractivity contribution in [3.05, 3.63) is 0 Å². The van der Waals surface area contributed by atoms with Crippen LogP contribution < -0.4 is 0 Å². The average Bonchev–Trinajstić information content (AvgIpc) is 1.63. The molecule has 0 saturated carbocycles. The van der Waals surface area contributed by atoms with Crippen molar-refractivity contribution in [3.63, 3.8) is 0 Å². The van der Waals surface area contributed by atoms with Crippen LogP contribution in [0.3, 0.4) is 0 Å². The normalized spacial score (nSPS) is 9.11. The molecule has 0 aromatic carbocycles. The first-order chi connectivity index (χ1) is 4.13. The summed E-state index contributed by atoms with van der Waals surface area (Å²) in [7, 11) is 0. The van der Waals surface area contributed by atoms with Gasteiger partial charge < -0.3 is 4.74 Å². The Bertz CT molecular complexity index is 111. The monoisotopic (exact) mass is 262 g/mol. The van der Waals surface area contributed by atoms with Gasteiger partial charge in [-0.3, -0.25) is 9.59 Å². The molecule has 3 nitrogen and oxygen atoms in total. The van der Waals surface area contributed by atoms with E-state index in [1.54, 1.807) is 22.6 Å². The van der Waals surface area contributed by atoms with Crippen molar-refractivity contribution in [2.24, 2.45) is 0 Å². The van der Waals surface area contributed by atoms with E-state index in [2.05, 4.69) is 4.74 Å². The Morgan fingerprint density at radius 2 is 2.00 bits per heavy atom. The van der Waals surface area contributed by atoms with Crippen LogP contribution in [0.4, 0.5) is 0 Å². The maximum Gasteiger partial charge on any atom is 0.247 e. The number of carbonyl (C=O) groups excluding carboxylic acids is 2. The van der Waals surface area contributed by atoms with Crippen LogP contribution in [0.1, 0.15) is 0 Å². The van der Waals surface area contributed by atoms with Crippen LogP contribution in [0.25, 0.3) is 0 Å². The maximum absolute atomic E-state index is 10.1. The fourth-order valence-corrected chi connectivity index (χ4v) is 0.509. The molecule has 0 spiro atoms. The summed E-state index contributed by atoms with van der Waals surface area (Å²) in [5, 5.41) is -0.590. The van der Waals surface area contributed by atoms with Gasteiger partial charge in [-0.2, -0.15) is 0 Å². The molecule has 0 aromatic rings. The zero-order valence-corrected chi connectivity index (χ0v) is 7.31. The average molecular weight is 262 g/mol.